The van der Waals surface area contributed by atoms with Gasteiger partial charge in [-0.15, -0.1) is 0 Å². The van der Waals surface area contributed by atoms with E-state index in [1.807, 2.05) is 6.07 Å². The van der Waals surface area contributed by atoms with Crippen molar-refractivity contribution in [1.29, 1.82) is 0 Å². The van der Waals surface area contributed by atoms with Gasteiger partial charge < -0.3 is 19.7 Å². The lowest BCUT2D eigenvalue weighted by Gasteiger charge is -2.24. The van der Waals surface area contributed by atoms with Gasteiger partial charge in [0.15, 0.2) is 11.5 Å². The van der Waals surface area contributed by atoms with Crippen LogP contribution in [0, 0.1) is 6.92 Å². The Balaban J connectivity index is 1.67. The van der Waals surface area contributed by atoms with Crippen LogP contribution in [0.15, 0.2) is 35.6 Å². The van der Waals surface area contributed by atoms with E-state index in [0.29, 0.717) is 28.3 Å². The van der Waals surface area contributed by atoms with Crippen molar-refractivity contribution in [3.63, 3.8) is 0 Å². The first-order valence-corrected chi connectivity index (χ1v) is 7.60. The highest BCUT2D eigenvalue weighted by molar-refractivity contribution is 5.88. The highest BCUT2D eigenvalue weighted by atomic mass is 16.6. The number of rotatable bonds is 4. The number of aliphatic hydroxyl groups is 1. The molecule has 1 unspecified atom stereocenters. The van der Waals surface area contributed by atoms with Crippen molar-refractivity contribution in [1.82, 2.24) is 10.4 Å². The van der Waals surface area contributed by atoms with Crippen molar-refractivity contribution in [3.8, 4) is 17.2 Å². The first-order valence-electron chi connectivity index (χ1n) is 7.60. The number of pyridine rings is 1. The summed E-state index contributed by atoms with van der Waals surface area (Å²) in [4.78, 5) is 16.1. The van der Waals surface area contributed by atoms with Gasteiger partial charge in [0, 0.05) is 17.3 Å². The molecule has 25 heavy (non-hydrogen) atoms. The third-order valence-electron chi connectivity index (χ3n) is 3.70. The molecule has 3 N–H and O–H groups in total. The molecular weight excluding hydrogens is 326 g/mol. The third kappa shape index (κ3) is 3.53. The standard InChI is InChI=1S/C17H17N3O5/c1-10-16(22)12(11(8-21)6-18-10)7-19-20-17(23)15-9-24-13-4-2-3-5-14(13)25-15/h2-7,15,21-22H,8-9H2,1H3,(H,20,23). The van der Waals surface area contributed by atoms with Crippen molar-refractivity contribution in [2.75, 3.05) is 6.61 Å². The smallest absolute Gasteiger partial charge is 0.284 e. The molecule has 2 aromatic rings. The van der Waals surface area contributed by atoms with Crippen molar-refractivity contribution >= 4 is 12.1 Å². The van der Waals surface area contributed by atoms with Crippen LogP contribution >= 0.6 is 0 Å². The molecule has 0 fully saturated rings. The van der Waals surface area contributed by atoms with Gasteiger partial charge in [-0.05, 0) is 19.1 Å². The number of aromatic nitrogens is 1. The van der Waals surface area contributed by atoms with E-state index in [9.17, 15) is 15.0 Å². The molecule has 1 aliphatic heterocycles. The van der Waals surface area contributed by atoms with E-state index in [1.165, 1.54) is 12.4 Å². The fourth-order valence-electron chi connectivity index (χ4n) is 2.30. The Hall–Kier alpha value is -3.13. The maximum Gasteiger partial charge on any atom is 0.284 e. The monoisotopic (exact) mass is 343 g/mol. The van der Waals surface area contributed by atoms with Crippen LogP contribution < -0.4 is 14.9 Å². The van der Waals surface area contributed by atoms with Crippen LogP contribution in [-0.2, 0) is 11.4 Å². The average Bonchev–Trinajstić information content (AvgIpc) is 2.64. The molecule has 1 amide bonds. The average molecular weight is 343 g/mol. The Morgan fingerprint density at radius 1 is 1.44 bits per heavy atom. The molecule has 0 spiro atoms. The molecule has 8 nitrogen and oxygen atoms in total. The fourth-order valence-corrected chi connectivity index (χ4v) is 2.30. The van der Waals surface area contributed by atoms with Crippen molar-refractivity contribution in [3.05, 3.63) is 47.3 Å². The van der Waals surface area contributed by atoms with Crippen LogP contribution in [-0.4, -0.2) is 40.0 Å². The highest BCUT2D eigenvalue weighted by Crippen LogP contribution is 2.30. The normalized spacial score (nSPS) is 16.0. The van der Waals surface area contributed by atoms with Gasteiger partial charge in [0.05, 0.1) is 18.5 Å². The number of para-hydroxylation sites is 2. The maximum atomic E-state index is 12.2. The summed E-state index contributed by atoms with van der Waals surface area (Å²) in [5.74, 6) is 0.486. The van der Waals surface area contributed by atoms with Crippen LogP contribution in [0.4, 0.5) is 0 Å². The number of carbonyl (C=O) groups excluding carboxylic acids is 1. The van der Waals surface area contributed by atoms with Crippen LogP contribution in [0.2, 0.25) is 0 Å². The van der Waals surface area contributed by atoms with E-state index in [-0.39, 0.29) is 19.0 Å². The van der Waals surface area contributed by atoms with Gasteiger partial charge in [-0.1, -0.05) is 12.1 Å². The number of benzene rings is 1. The molecule has 8 heteroatoms. The topological polar surface area (TPSA) is 113 Å². The lowest BCUT2D eigenvalue weighted by molar-refractivity contribution is -0.130. The number of hydrazone groups is 1. The minimum absolute atomic E-state index is 0.0693. The molecular formula is C17H17N3O5. The summed E-state index contributed by atoms with van der Waals surface area (Å²) in [5, 5.41) is 23.1. The van der Waals surface area contributed by atoms with Gasteiger partial charge in [0.2, 0.25) is 6.10 Å². The van der Waals surface area contributed by atoms with Gasteiger partial charge in [-0.3, -0.25) is 9.78 Å². The van der Waals surface area contributed by atoms with Crippen LogP contribution in [0.5, 0.6) is 17.2 Å². The number of carbonyl (C=O) groups is 1. The quantitative estimate of drug-likeness (QED) is 0.561. The van der Waals surface area contributed by atoms with Crippen molar-refractivity contribution < 1.29 is 24.5 Å². The number of amides is 1. The molecule has 0 radical (unpaired) electrons. The van der Waals surface area contributed by atoms with Gasteiger partial charge in [-0.25, -0.2) is 5.43 Å². The van der Waals surface area contributed by atoms with Crippen LogP contribution in [0.1, 0.15) is 16.8 Å². The molecule has 1 aromatic heterocycles. The zero-order valence-corrected chi connectivity index (χ0v) is 13.5. The summed E-state index contributed by atoms with van der Waals surface area (Å²) in [6, 6.07) is 7.07. The third-order valence-corrected chi connectivity index (χ3v) is 3.70. The molecule has 0 bridgehead atoms. The van der Waals surface area contributed by atoms with Crippen LogP contribution in [0.3, 0.4) is 0 Å². The molecule has 3 rings (SSSR count). The molecule has 1 atom stereocenters. The molecule has 0 aliphatic carbocycles. The van der Waals surface area contributed by atoms with E-state index in [1.54, 1.807) is 25.1 Å². The van der Waals surface area contributed by atoms with E-state index in [4.69, 9.17) is 9.47 Å². The summed E-state index contributed by atoms with van der Waals surface area (Å²) in [6.45, 7) is 1.38. The predicted molar refractivity (Wildman–Crippen MR) is 88.7 cm³/mol. The van der Waals surface area contributed by atoms with Gasteiger partial charge in [-0.2, -0.15) is 5.10 Å². The number of hydrogen-bond acceptors (Lipinski definition) is 7. The zero-order chi connectivity index (χ0) is 17.8. The zero-order valence-electron chi connectivity index (χ0n) is 13.5. The molecule has 0 saturated heterocycles. The van der Waals surface area contributed by atoms with E-state index < -0.39 is 12.0 Å². The number of ether oxygens (including phenoxy) is 2. The Bertz CT molecular complexity index is 822. The van der Waals surface area contributed by atoms with Gasteiger partial charge in [0.1, 0.15) is 12.4 Å². The Morgan fingerprint density at radius 2 is 2.20 bits per heavy atom. The second-order valence-corrected chi connectivity index (χ2v) is 5.39. The first-order chi connectivity index (χ1) is 12.1. The minimum atomic E-state index is -0.836. The first kappa shape index (κ1) is 16.7. The van der Waals surface area contributed by atoms with Crippen molar-refractivity contribution in [2.24, 2.45) is 5.10 Å². The summed E-state index contributed by atoms with van der Waals surface area (Å²) in [7, 11) is 0. The lowest BCUT2D eigenvalue weighted by Crippen LogP contribution is -2.42. The Labute approximate surface area is 143 Å². The summed E-state index contributed by atoms with van der Waals surface area (Å²) >= 11 is 0. The maximum absolute atomic E-state index is 12.2. The van der Waals surface area contributed by atoms with Crippen molar-refractivity contribution in [2.45, 2.75) is 19.6 Å². The van der Waals surface area contributed by atoms with E-state index in [0.717, 1.165) is 0 Å². The Kier molecular flexibility index (Phi) is 4.80. The lowest BCUT2D eigenvalue weighted by atomic mass is 10.1. The van der Waals surface area contributed by atoms with E-state index in [2.05, 4.69) is 15.5 Å². The number of nitrogens with one attached hydrogen (secondary N) is 1. The van der Waals surface area contributed by atoms with E-state index >= 15 is 0 Å². The number of hydrogen-bond donors (Lipinski definition) is 3. The number of aryl methyl sites for hydroxylation is 1. The second-order valence-electron chi connectivity index (χ2n) is 5.39. The molecule has 2 heterocycles. The minimum Gasteiger partial charge on any atom is -0.505 e. The predicted octanol–water partition coefficient (Wildman–Crippen LogP) is 0.878. The number of nitrogens with zero attached hydrogens (tertiary/aromatic N) is 2. The summed E-state index contributed by atoms with van der Waals surface area (Å²) in [5.41, 5.74) is 3.42. The van der Waals surface area contributed by atoms with Gasteiger partial charge >= 0.3 is 0 Å². The molecule has 0 saturated carbocycles. The summed E-state index contributed by atoms with van der Waals surface area (Å²) in [6.07, 6.45) is 1.86. The Morgan fingerprint density at radius 3 is 2.96 bits per heavy atom. The number of aromatic hydroxyl groups is 1. The second kappa shape index (κ2) is 7.18. The van der Waals surface area contributed by atoms with Crippen LogP contribution in [0.25, 0.3) is 0 Å². The number of fused-ring (bicyclic) bond motifs is 1. The SMILES string of the molecule is Cc1ncc(CO)c(C=NNC(=O)C2COc3ccccc3O2)c1O. The molecule has 130 valence electrons. The molecule has 1 aliphatic rings. The fraction of sp³-hybridized carbons (Fsp3) is 0.235. The van der Waals surface area contributed by atoms with Gasteiger partial charge in [0.25, 0.3) is 5.91 Å². The highest BCUT2D eigenvalue weighted by Gasteiger charge is 2.27. The largest absolute Gasteiger partial charge is 0.505 e. The molecule has 1 aromatic carbocycles. The number of aliphatic hydroxyl groups excluding tert-OH is 1. The summed E-state index contributed by atoms with van der Waals surface area (Å²) < 4.78 is 11.0.